The van der Waals surface area contributed by atoms with Gasteiger partial charge in [-0.3, -0.25) is 57.9 Å². The van der Waals surface area contributed by atoms with Crippen molar-refractivity contribution in [3.05, 3.63) is 0 Å². The van der Waals surface area contributed by atoms with E-state index in [2.05, 4.69) is 52.5 Å². The van der Waals surface area contributed by atoms with E-state index in [-0.39, 0.29) is 141 Å². The molecule has 0 aliphatic rings. The number of aliphatic carboxylic acids is 1. The minimum atomic E-state index is -1.57. The van der Waals surface area contributed by atoms with E-state index in [9.17, 15) is 57.8 Å². The number of guanidine groups is 2. The molecule has 0 rings (SSSR count). The highest BCUT2D eigenvalue weighted by atomic mass is 16.4. The van der Waals surface area contributed by atoms with Crippen molar-refractivity contribution in [1.82, 2.24) is 42.5 Å². The van der Waals surface area contributed by atoms with E-state index in [4.69, 9.17) is 68.8 Å². The third kappa shape index (κ3) is 36.3. The van der Waals surface area contributed by atoms with Crippen LogP contribution in [0.3, 0.4) is 0 Å². The van der Waals surface area contributed by atoms with Gasteiger partial charge in [-0.25, -0.2) is 4.79 Å². The van der Waals surface area contributed by atoms with Crippen LogP contribution in [0.2, 0.25) is 0 Å². The van der Waals surface area contributed by atoms with Crippen LogP contribution in [0.25, 0.3) is 0 Å². The summed E-state index contributed by atoms with van der Waals surface area (Å²) >= 11 is 0. The van der Waals surface area contributed by atoms with Crippen molar-refractivity contribution >= 4 is 77.0 Å². The van der Waals surface area contributed by atoms with Crippen molar-refractivity contribution in [3.8, 4) is 0 Å². The molecular formula is C52H102N22O12. The molecule has 0 saturated carbocycles. The molecule has 492 valence electrons. The first-order valence-electron chi connectivity index (χ1n) is 29.4. The molecule has 0 unspecified atom stereocenters. The minimum absolute atomic E-state index is 0.00876. The second-order valence-electron chi connectivity index (χ2n) is 20.8. The number of carboxylic acids is 1. The number of hydrogen-bond donors (Lipinski definition) is 21. The summed E-state index contributed by atoms with van der Waals surface area (Å²) in [7, 11) is 0. The quantitative estimate of drug-likeness (QED) is 0.0153. The lowest BCUT2D eigenvalue weighted by molar-refractivity contribution is -0.142. The Morgan fingerprint density at radius 3 is 0.756 bits per heavy atom. The topological polar surface area (TPSA) is 641 Å². The molecule has 0 aliphatic heterocycles. The van der Waals surface area contributed by atoms with E-state index in [1.807, 2.05) is 0 Å². The fraction of sp³-hybridized carbons (Fsp3) is 0.750. The van der Waals surface area contributed by atoms with Gasteiger partial charge in [0, 0.05) is 25.9 Å². The molecule has 0 aliphatic carbocycles. The van der Waals surface area contributed by atoms with Gasteiger partial charge in [-0.2, -0.15) is 0 Å². The number of primary amides is 2. The molecule has 86 heavy (non-hydrogen) atoms. The highest BCUT2D eigenvalue weighted by molar-refractivity contribution is 5.98. The predicted molar refractivity (Wildman–Crippen MR) is 322 cm³/mol. The van der Waals surface area contributed by atoms with Crippen LogP contribution in [0.4, 0.5) is 0 Å². The number of carbonyl (C=O) groups is 11. The molecule has 0 aromatic heterocycles. The number of hydrogen-bond acceptors (Lipinski definition) is 19. The summed E-state index contributed by atoms with van der Waals surface area (Å²) in [5.41, 5.74) is 67.2. The molecule has 0 aromatic rings. The summed E-state index contributed by atoms with van der Waals surface area (Å²) in [5, 5.41) is 30.7. The van der Waals surface area contributed by atoms with E-state index < -0.39 is 126 Å². The smallest absolute Gasteiger partial charge is 0.326 e. The van der Waals surface area contributed by atoms with Gasteiger partial charge in [-0.1, -0.05) is 0 Å². The summed E-state index contributed by atoms with van der Waals surface area (Å²) < 4.78 is 0. The molecular weight excluding hydrogens is 1120 g/mol. The van der Waals surface area contributed by atoms with Crippen molar-refractivity contribution in [2.24, 2.45) is 78.8 Å². The molecule has 0 spiro atoms. The number of carbonyl (C=O) groups excluding carboxylic acids is 10. The van der Waals surface area contributed by atoms with E-state index in [1.165, 1.54) is 0 Å². The van der Waals surface area contributed by atoms with Crippen LogP contribution >= 0.6 is 0 Å². The Bertz CT molecular complexity index is 2170. The van der Waals surface area contributed by atoms with Crippen LogP contribution in [0, 0.1) is 0 Å². The Morgan fingerprint density at radius 1 is 0.302 bits per heavy atom. The maximum absolute atomic E-state index is 14.4. The number of nitrogens with two attached hydrogens (primary N) is 12. The summed E-state index contributed by atoms with van der Waals surface area (Å²) in [6, 6.07) is -12.2. The van der Waals surface area contributed by atoms with Gasteiger partial charge in [0.25, 0.3) is 0 Å². The van der Waals surface area contributed by atoms with E-state index in [0.717, 1.165) is 0 Å². The Balaban J connectivity index is 7.00. The second-order valence-corrected chi connectivity index (χ2v) is 20.8. The van der Waals surface area contributed by atoms with Crippen molar-refractivity contribution in [2.75, 3.05) is 45.8 Å². The second kappa shape index (κ2) is 46.7. The van der Waals surface area contributed by atoms with Crippen molar-refractivity contribution in [3.63, 3.8) is 0 Å². The molecule has 10 amide bonds. The van der Waals surface area contributed by atoms with Crippen LogP contribution in [0.1, 0.15) is 148 Å². The van der Waals surface area contributed by atoms with Crippen molar-refractivity contribution in [1.29, 1.82) is 0 Å². The van der Waals surface area contributed by atoms with Crippen molar-refractivity contribution < 1.29 is 57.8 Å². The summed E-state index contributed by atoms with van der Waals surface area (Å²) in [5.74, 6) is -10.2. The van der Waals surface area contributed by atoms with Gasteiger partial charge in [0.05, 0.1) is 6.04 Å². The summed E-state index contributed by atoms with van der Waals surface area (Å²) in [6.45, 7) is 1.38. The third-order valence-corrected chi connectivity index (χ3v) is 13.4. The molecule has 33 N–H and O–H groups in total. The number of amides is 10. The van der Waals surface area contributed by atoms with Gasteiger partial charge in [0.1, 0.15) is 48.3 Å². The number of aliphatic imine (C=N–C) groups is 2. The van der Waals surface area contributed by atoms with Crippen LogP contribution in [0.5, 0.6) is 0 Å². The SMILES string of the molecule is NCCCC[C@H](NC(=O)[C@H](CCCCN)NC(=O)[C@H](CCCCN)NC(=O)[C@H](CCC(N)=O)NC(=O)[C@H](CCCCN)NC(=O)[C@H](CCCCN)NC(=O)[C@H](CCC(N)=O)NC(=O)[C@@H](N)CCCN=C(N)N)C(=O)N[C@@H](CCCN=C(N)N)C(=O)O. The van der Waals surface area contributed by atoms with E-state index in [1.54, 1.807) is 0 Å². The average molecular weight is 1230 g/mol. The lowest BCUT2D eigenvalue weighted by atomic mass is 10.0. The van der Waals surface area contributed by atoms with Gasteiger partial charge in [-0.15, -0.1) is 0 Å². The van der Waals surface area contributed by atoms with E-state index >= 15 is 0 Å². The number of carboxylic acid groups (broad SMARTS) is 1. The molecule has 0 aromatic carbocycles. The molecule has 0 saturated heterocycles. The Kier molecular flexibility index (Phi) is 42.6. The predicted octanol–water partition coefficient (Wildman–Crippen LogP) is -7.44. The Morgan fingerprint density at radius 2 is 0.523 bits per heavy atom. The first kappa shape index (κ1) is 78.5. The monoisotopic (exact) mass is 1230 g/mol. The first-order chi connectivity index (χ1) is 40.8. The van der Waals surface area contributed by atoms with Gasteiger partial charge in [0.2, 0.25) is 59.1 Å². The largest absolute Gasteiger partial charge is 0.480 e. The highest BCUT2D eigenvalue weighted by Crippen LogP contribution is 2.13. The molecule has 34 heteroatoms. The lowest BCUT2D eigenvalue weighted by Crippen LogP contribution is -2.60. The molecule has 0 fully saturated rings. The lowest BCUT2D eigenvalue weighted by Gasteiger charge is -2.28. The minimum Gasteiger partial charge on any atom is -0.480 e. The van der Waals surface area contributed by atoms with Gasteiger partial charge < -0.3 is 116 Å². The highest BCUT2D eigenvalue weighted by Gasteiger charge is 2.35. The number of rotatable bonds is 51. The number of nitrogens with one attached hydrogen (secondary N) is 8. The van der Waals surface area contributed by atoms with Crippen LogP contribution < -0.4 is 111 Å². The normalized spacial score (nSPS) is 14.1. The average Bonchev–Trinajstić information content (AvgIpc) is 2.88. The first-order valence-corrected chi connectivity index (χ1v) is 29.4. The molecule has 9 atom stereocenters. The molecule has 0 radical (unpaired) electrons. The van der Waals surface area contributed by atoms with Gasteiger partial charge >= 0.3 is 5.97 Å². The van der Waals surface area contributed by atoms with Crippen molar-refractivity contribution in [2.45, 2.75) is 202 Å². The Hall–Kier alpha value is -7.53. The third-order valence-electron chi connectivity index (χ3n) is 13.4. The molecule has 0 heterocycles. The Labute approximate surface area is 502 Å². The van der Waals surface area contributed by atoms with Crippen LogP contribution in [-0.2, 0) is 52.7 Å². The summed E-state index contributed by atoms with van der Waals surface area (Å²) in [6.07, 6.45) is 2.69. The molecule has 34 nitrogen and oxygen atoms in total. The molecule has 0 bridgehead atoms. The maximum atomic E-state index is 14.4. The zero-order valence-corrected chi connectivity index (χ0v) is 49.7. The fourth-order valence-corrected chi connectivity index (χ4v) is 8.52. The van der Waals surface area contributed by atoms with Crippen LogP contribution in [-0.4, -0.2) is 182 Å². The standard InChI is InChI=1S/C52H102N22O12/c53-24-6-1-14-32(43(78)70-36(18-5-10-28-57)47(82)74-39(50(85)86)19-12-30-66-52(63)64)68-45(80)34(16-3-8-26-55)72-49(84)38(21-23-41(60)76)73-46(81)35(17-4-9-27-56)69-44(79)33(15-2-7-25-54)71-48(83)37(20-22-40(59)75)67-42(77)31(58)13-11-29-65-51(61)62/h31-39H,1-30,53-58H2,(H2,59,75)(H2,60,76)(H,67,77)(H,68,80)(H,69,79)(H,70,78)(H,71,83)(H,72,84)(H,73,81)(H,74,82)(H,85,86)(H4,61,62,65)(H4,63,64,66)/t31-,32-,33-,34-,35-,36-,37-,38-,39-/m0/s1. The number of unbranched alkanes of at least 4 members (excludes halogenated alkanes) is 5. The number of nitrogens with zero attached hydrogens (tertiary/aromatic N) is 2. The maximum Gasteiger partial charge on any atom is 0.326 e. The van der Waals surface area contributed by atoms with Crippen LogP contribution in [0.15, 0.2) is 9.98 Å². The van der Waals surface area contributed by atoms with E-state index in [0.29, 0.717) is 57.8 Å². The van der Waals surface area contributed by atoms with Gasteiger partial charge in [0.15, 0.2) is 11.9 Å². The summed E-state index contributed by atoms with van der Waals surface area (Å²) in [4.78, 5) is 156. The fourth-order valence-electron chi connectivity index (χ4n) is 8.52. The van der Waals surface area contributed by atoms with Gasteiger partial charge in [-0.05, 0) is 168 Å². The zero-order valence-electron chi connectivity index (χ0n) is 49.7. The zero-order chi connectivity index (χ0) is 65.0.